The van der Waals surface area contributed by atoms with E-state index in [2.05, 4.69) is 5.32 Å². The number of hydrogen-bond acceptors (Lipinski definition) is 7. The third-order valence-electron chi connectivity index (χ3n) is 9.18. The van der Waals surface area contributed by atoms with E-state index in [4.69, 9.17) is 30.9 Å². The van der Waals surface area contributed by atoms with Crippen molar-refractivity contribution in [1.82, 2.24) is 15.1 Å². The van der Waals surface area contributed by atoms with Crippen molar-refractivity contribution in [3.63, 3.8) is 0 Å². The normalized spacial score (nSPS) is 13.0. The van der Waals surface area contributed by atoms with Crippen LogP contribution < -0.4 is 10.1 Å². The lowest BCUT2D eigenvalue weighted by Crippen LogP contribution is -2.32. The second-order valence-electron chi connectivity index (χ2n) is 12.9. The van der Waals surface area contributed by atoms with Gasteiger partial charge in [-0.1, -0.05) is 109 Å². The highest BCUT2D eigenvalue weighted by Gasteiger charge is 2.40. The van der Waals surface area contributed by atoms with Crippen molar-refractivity contribution in [3.8, 4) is 22.7 Å². The van der Waals surface area contributed by atoms with Crippen molar-refractivity contribution in [1.29, 1.82) is 0 Å². The fraction of sp³-hybridized carbons (Fsp3) is 0.133. The Bertz CT molecular complexity index is 2240. The van der Waals surface area contributed by atoms with Crippen LogP contribution >= 0.6 is 11.6 Å². The summed E-state index contributed by atoms with van der Waals surface area (Å²) in [5, 5.41) is 8.99. The molecular weight excluding hydrogens is 698 g/mol. The lowest BCUT2D eigenvalue weighted by Gasteiger charge is -2.30. The number of rotatable bonds is 12. The molecule has 0 spiro atoms. The van der Waals surface area contributed by atoms with Gasteiger partial charge in [0.2, 0.25) is 0 Å². The Kier molecular flexibility index (Phi) is 11.0. The second-order valence-corrected chi connectivity index (χ2v) is 13.3. The average Bonchev–Trinajstić information content (AvgIpc) is 3.65. The number of hydrogen-bond donors (Lipinski definition) is 1. The van der Waals surface area contributed by atoms with Gasteiger partial charge in [-0.3, -0.25) is 0 Å². The Morgan fingerprint density at radius 2 is 1.19 bits per heavy atom. The number of carbonyl (C=O) groups is 2. The highest BCUT2D eigenvalue weighted by molar-refractivity contribution is 6.31. The molecule has 8 nitrogen and oxygen atoms in total. The summed E-state index contributed by atoms with van der Waals surface area (Å²) in [4.78, 5) is 28.5. The number of esters is 2. The number of para-hydroxylation sites is 1. The fourth-order valence-corrected chi connectivity index (χ4v) is 6.66. The molecule has 0 bridgehead atoms. The van der Waals surface area contributed by atoms with Gasteiger partial charge in [0.25, 0.3) is 0 Å². The van der Waals surface area contributed by atoms with Crippen LogP contribution in [0.1, 0.15) is 42.0 Å². The molecule has 0 atom stereocenters. The Labute approximate surface area is 319 Å². The fourth-order valence-electron chi connectivity index (χ4n) is 6.47. The van der Waals surface area contributed by atoms with Crippen molar-refractivity contribution in [2.45, 2.75) is 39.6 Å². The lowest BCUT2D eigenvalue weighted by molar-refractivity contribution is -0.141. The average molecular weight is 736 g/mol. The summed E-state index contributed by atoms with van der Waals surface area (Å²) in [5.74, 6) is -1.36. The second kappa shape index (κ2) is 16.5. The minimum Gasteiger partial charge on any atom is -0.489 e. The van der Waals surface area contributed by atoms with Crippen molar-refractivity contribution in [3.05, 3.63) is 196 Å². The topological polar surface area (TPSA) is 91.7 Å². The molecule has 2 heterocycles. The summed E-state index contributed by atoms with van der Waals surface area (Å²) in [7, 11) is 0. The van der Waals surface area contributed by atoms with Gasteiger partial charge in [-0.05, 0) is 67.4 Å². The zero-order chi connectivity index (χ0) is 37.4. The van der Waals surface area contributed by atoms with Crippen LogP contribution in [0.5, 0.6) is 5.75 Å². The molecule has 0 saturated heterocycles. The van der Waals surface area contributed by atoms with Gasteiger partial charge in [0, 0.05) is 39.3 Å². The first kappa shape index (κ1) is 36.0. The standard InChI is InChI=1S/C45H38ClN3O5/c1-30-40(44(50)53-27-32-14-6-3-7-15-32)42(41(31(2)47-30)45(51)54-28-33-16-8-4-9-17-33)38-26-49(36-19-10-5-11-20-36)48-43(38)34-22-24-37(25-23-34)52-29-35-18-12-13-21-39(35)46/h3-26,42,47H,27-29H2,1-2H3. The van der Waals surface area contributed by atoms with Crippen LogP contribution in [0.2, 0.25) is 5.02 Å². The maximum Gasteiger partial charge on any atom is 0.337 e. The summed E-state index contributed by atoms with van der Waals surface area (Å²) in [6.07, 6.45) is 1.87. The third-order valence-corrected chi connectivity index (χ3v) is 9.55. The predicted octanol–water partition coefficient (Wildman–Crippen LogP) is 9.49. The van der Waals surface area contributed by atoms with Crippen LogP contribution in [0.15, 0.2) is 168 Å². The monoisotopic (exact) mass is 735 g/mol. The van der Waals surface area contributed by atoms with Gasteiger partial charge in [-0.15, -0.1) is 0 Å². The van der Waals surface area contributed by atoms with Crippen molar-refractivity contribution in [2.24, 2.45) is 0 Å². The molecule has 1 aliphatic heterocycles. The van der Waals surface area contributed by atoms with Gasteiger partial charge in [-0.2, -0.15) is 5.10 Å². The molecule has 7 rings (SSSR count). The number of nitrogens with one attached hydrogen (secondary N) is 1. The summed E-state index contributed by atoms with van der Waals surface area (Å²) < 4.78 is 19.7. The molecule has 9 heteroatoms. The molecule has 54 heavy (non-hydrogen) atoms. The first-order valence-electron chi connectivity index (χ1n) is 17.6. The van der Waals surface area contributed by atoms with E-state index in [9.17, 15) is 9.59 Å². The minimum absolute atomic E-state index is 0.0610. The number of ether oxygens (including phenoxy) is 3. The maximum atomic E-state index is 14.3. The quantitative estimate of drug-likeness (QED) is 0.125. The molecule has 1 aromatic heterocycles. The molecule has 270 valence electrons. The van der Waals surface area contributed by atoms with Crippen LogP contribution in [0.3, 0.4) is 0 Å². The van der Waals surface area contributed by atoms with E-state index in [0.717, 1.165) is 27.9 Å². The third kappa shape index (κ3) is 8.14. The van der Waals surface area contributed by atoms with Crippen molar-refractivity contribution < 1.29 is 23.8 Å². The Morgan fingerprint density at radius 3 is 1.74 bits per heavy atom. The summed E-state index contributed by atoms with van der Waals surface area (Å²) in [6, 6.07) is 43.8. The van der Waals surface area contributed by atoms with E-state index in [1.165, 1.54) is 0 Å². The number of aromatic nitrogens is 2. The molecule has 0 aliphatic carbocycles. The first-order chi connectivity index (χ1) is 26.4. The van der Waals surface area contributed by atoms with Gasteiger partial charge in [0.15, 0.2) is 0 Å². The van der Waals surface area contributed by atoms with E-state index in [0.29, 0.717) is 40.0 Å². The largest absolute Gasteiger partial charge is 0.489 e. The highest BCUT2D eigenvalue weighted by Crippen LogP contribution is 2.43. The smallest absolute Gasteiger partial charge is 0.337 e. The van der Waals surface area contributed by atoms with Crippen molar-refractivity contribution in [2.75, 3.05) is 0 Å². The van der Waals surface area contributed by atoms with Crippen LogP contribution in [-0.2, 0) is 38.9 Å². The predicted molar refractivity (Wildman–Crippen MR) is 209 cm³/mol. The summed E-state index contributed by atoms with van der Waals surface area (Å²) >= 11 is 6.36. The number of benzene rings is 5. The number of carbonyl (C=O) groups excluding carboxylic acids is 2. The van der Waals surface area contributed by atoms with Crippen LogP contribution in [0, 0.1) is 0 Å². The summed E-state index contributed by atoms with van der Waals surface area (Å²) in [6.45, 7) is 4.05. The number of halogens is 1. The van der Waals surface area contributed by atoms with Crippen LogP contribution in [-0.4, -0.2) is 21.7 Å². The molecule has 6 aromatic rings. The van der Waals surface area contributed by atoms with Crippen LogP contribution in [0.25, 0.3) is 16.9 Å². The van der Waals surface area contributed by atoms with E-state index in [1.807, 2.05) is 160 Å². The Morgan fingerprint density at radius 1 is 0.667 bits per heavy atom. The number of nitrogens with zero attached hydrogens (tertiary/aromatic N) is 2. The minimum atomic E-state index is -0.888. The zero-order valence-corrected chi connectivity index (χ0v) is 30.6. The van der Waals surface area contributed by atoms with E-state index in [1.54, 1.807) is 4.68 Å². The highest BCUT2D eigenvalue weighted by atomic mass is 35.5. The number of dihydropyridines is 1. The molecule has 1 aliphatic rings. The van der Waals surface area contributed by atoms with Gasteiger partial charge >= 0.3 is 11.9 Å². The summed E-state index contributed by atoms with van der Waals surface area (Å²) in [5.41, 5.74) is 7.03. The van der Waals surface area contributed by atoms with Gasteiger partial charge in [0.05, 0.1) is 28.4 Å². The molecule has 0 amide bonds. The van der Waals surface area contributed by atoms with Gasteiger partial charge < -0.3 is 19.5 Å². The first-order valence-corrected chi connectivity index (χ1v) is 18.0. The Balaban J connectivity index is 1.30. The molecule has 1 N–H and O–H groups in total. The molecule has 0 fully saturated rings. The van der Waals surface area contributed by atoms with Crippen molar-refractivity contribution >= 4 is 23.5 Å². The maximum absolute atomic E-state index is 14.3. The van der Waals surface area contributed by atoms with Gasteiger partial charge in [0.1, 0.15) is 25.6 Å². The Hall–Kier alpha value is -6.38. The molecule has 0 unspecified atom stereocenters. The number of allylic oxidation sites excluding steroid dienone is 2. The zero-order valence-electron chi connectivity index (χ0n) is 29.9. The van der Waals surface area contributed by atoms with E-state index in [-0.39, 0.29) is 24.4 Å². The lowest BCUT2D eigenvalue weighted by atomic mass is 9.79. The molecule has 0 saturated carbocycles. The molecule has 0 radical (unpaired) electrons. The van der Waals surface area contributed by atoms with Crippen LogP contribution in [0.4, 0.5) is 0 Å². The molecule has 5 aromatic carbocycles. The molecular formula is C45H38ClN3O5. The van der Waals surface area contributed by atoms with E-state index < -0.39 is 17.9 Å². The SMILES string of the molecule is CC1=C(C(=O)OCc2ccccc2)C(c2cn(-c3ccccc3)nc2-c2ccc(OCc3ccccc3Cl)cc2)C(C(=O)OCc2ccccc2)=C(C)N1. The van der Waals surface area contributed by atoms with Gasteiger partial charge in [-0.25, -0.2) is 14.3 Å². The van der Waals surface area contributed by atoms with E-state index >= 15 is 0 Å².